The summed E-state index contributed by atoms with van der Waals surface area (Å²) in [6.07, 6.45) is 1.76. The lowest BCUT2D eigenvalue weighted by Gasteiger charge is -2.35. The summed E-state index contributed by atoms with van der Waals surface area (Å²) < 4.78 is 5.01. The molecule has 3 rings (SSSR count). The van der Waals surface area contributed by atoms with Crippen molar-refractivity contribution >= 4 is 34.1 Å². The normalized spacial score (nSPS) is 15.2. The highest BCUT2D eigenvalue weighted by molar-refractivity contribution is 7.13. The molecule has 1 N–H and O–H groups in total. The largest absolute Gasteiger partial charge is 0.465 e. The lowest BCUT2D eigenvalue weighted by Crippen LogP contribution is -2.47. The molecule has 0 aliphatic carbocycles. The average molecular weight is 362 g/mol. The van der Waals surface area contributed by atoms with Crippen molar-refractivity contribution in [2.75, 3.05) is 49.5 Å². The van der Waals surface area contributed by atoms with Gasteiger partial charge in [0.2, 0.25) is 0 Å². The van der Waals surface area contributed by atoms with Gasteiger partial charge in [-0.05, 0) is 6.92 Å². The minimum absolute atomic E-state index is 0.227. The van der Waals surface area contributed by atoms with Gasteiger partial charge in [0.1, 0.15) is 24.1 Å². The summed E-state index contributed by atoms with van der Waals surface area (Å²) in [5.74, 6) is 2.19. The van der Waals surface area contributed by atoms with Gasteiger partial charge in [-0.2, -0.15) is 0 Å². The Labute approximate surface area is 150 Å². The van der Waals surface area contributed by atoms with Crippen LogP contribution in [0.4, 0.5) is 16.8 Å². The van der Waals surface area contributed by atoms with Gasteiger partial charge in [-0.15, -0.1) is 11.3 Å². The number of rotatable bonds is 6. The predicted octanol–water partition coefficient (Wildman–Crippen LogP) is 1.67. The molecule has 134 valence electrons. The van der Waals surface area contributed by atoms with Crippen molar-refractivity contribution in [1.82, 2.24) is 19.9 Å². The summed E-state index contributed by atoms with van der Waals surface area (Å²) in [5, 5.41) is 5.96. The molecule has 0 bridgehead atoms. The number of aryl methyl sites for hydroxylation is 1. The standard InChI is InChI=1S/C16H22N6O2S/c1-12-18-14(20-16-17-3-10-25-16)11-15(19-12)22-6-4-21(5-7-22)8-9-24-13(2)23/h3,10-11H,4-9H2,1-2H3,(H,17,18,19,20). The molecule has 3 heterocycles. The molecule has 0 spiro atoms. The van der Waals surface area contributed by atoms with Gasteiger partial charge >= 0.3 is 5.97 Å². The van der Waals surface area contributed by atoms with E-state index in [9.17, 15) is 4.79 Å². The monoisotopic (exact) mass is 362 g/mol. The molecule has 25 heavy (non-hydrogen) atoms. The number of carbonyl (C=O) groups excluding carboxylic acids is 1. The molecule has 1 aliphatic rings. The second kappa shape index (κ2) is 8.21. The van der Waals surface area contributed by atoms with Gasteiger partial charge in [0.25, 0.3) is 0 Å². The molecular weight excluding hydrogens is 340 g/mol. The van der Waals surface area contributed by atoms with Crippen molar-refractivity contribution in [2.24, 2.45) is 0 Å². The number of aromatic nitrogens is 3. The number of carbonyl (C=O) groups is 1. The van der Waals surface area contributed by atoms with Crippen LogP contribution in [0.15, 0.2) is 17.6 Å². The quantitative estimate of drug-likeness (QED) is 0.777. The van der Waals surface area contributed by atoms with E-state index in [-0.39, 0.29) is 5.97 Å². The number of thiazole rings is 1. The highest BCUT2D eigenvalue weighted by atomic mass is 32.1. The number of hydrogen-bond donors (Lipinski definition) is 1. The van der Waals surface area contributed by atoms with Crippen molar-refractivity contribution in [2.45, 2.75) is 13.8 Å². The third-order valence-electron chi connectivity index (χ3n) is 3.90. The summed E-state index contributed by atoms with van der Waals surface area (Å²) in [4.78, 5) is 28.6. The van der Waals surface area contributed by atoms with Crippen LogP contribution in [0.1, 0.15) is 12.7 Å². The van der Waals surface area contributed by atoms with Crippen molar-refractivity contribution in [3.05, 3.63) is 23.5 Å². The van der Waals surface area contributed by atoms with Gasteiger partial charge in [0, 0.05) is 57.3 Å². The Morgan fingerprint density at radius 1 is 1.32 bits per heavy atom. The second-order valence-electron chi connectivity index (χ2n) is 5.79. The van der Waals surface area contributed by atoms with E-state index in [1.54, 1.807) is 6.20 Å². The minimum atomic E-state index is -0.227. The number of piperazine rings is 1. The lowest BCUT2D eigenvalue weighted by atomic mass is 10.3. The van der Waals surface area contributed by atoms with Crippen LogP contribution in [0.5, 0.6) is 0 Å². The lowest BCUT2D eigenvalue weighted by molar-refractivity contribution is -0.141. The number of ether oxygens (including phenoxy) is 1. The smallest absolute Gasteiger partial charge is 0.302 e. The Bertz CT molecular complexity index is 701. The molecular formula is C16H22N6O2S. The number of nitrogens with one attached hydrogen (secondary N) is 1. The highest BCUT2D eigenvalue weighted by Crippen LogP contribution is 2.21. The molecule has 0 amide bonds. The van der Waals surface area contributed by atoms with Crippen LogP contribution in [0.2, 0.25) is 0 Å². The number of esters is 1. The van der Waals surface area contributed by atoms with Crippen LogP contribution in [0.25, 0.3) is 0 Å². The van der Waals surface area contributed by atoms with E-state index in [1.807, 2.05) is 18.4 Å². The maximum absolute atomic E-state index is 10.8. The first-order valence-electron chi connectivity index (χ1n) is 8.23. The molecule has 1 fully saturated rings. The van der Waals surface area contributed by atoms with E-state index in [1.165, 1.54) is 18.3 Å². The zero-order chi connectivity index (χ0) is 17.6. The van der Waals surface area contributed by atoms with Gasteiger partial charge in [-0.1, -0.05) is 0 Å². The van der Waals surface area contributed by atoms with E-state index in [0.717, 1.165) is 55.3 Å². The summed E-state index contributed by atoms with van der Waals surface area (Å²) >= 11 is 1.54. The fraction of sp³-hybridized carbons (Fsp3) is 0.500. The summed E-state index contributed by atoms with van der Waals surface area (Å²) in [6, 6.07) is 1.96. The second-order valence-corrected chi connectivity index (χ2v) is 6.68. The fourth-order valence-electron chi connectivity index (χ4n) is 2.69. The first-order valence-corrected chi connectivity index (χ1v) is 9.11. The predicted molar refractivity (Wildman–Crippen MR) is 97.5 cm³/mol. The average Bonchev–Trinajstić information content (AvgIpc) is 3.07. The molecule has 0 saturated carbocycles. The van der Waals surface area contributed by atoms with E-state index < -0.39 is 0 Å². The van der Waals surface area contributed by atoms with E-state index in [2.05, 4.69) is 30.1 Å². The number of hydrogen-bond acceptors (Lipinski definition) is 9. The first-order chi connectivity index (χ1) is 12.1. The summed E-state index contributed by atoms with van der Waals surface area (Å²) in [7, 11) is 0. The van der Waals surface area contributed by atoms with Crippen LogP contribution >= 0.6 is 11.3 Å². The van der Waals surface area contributed by atoms with Gasteiger partial charge < -0.3 is 15.0 Å². The molecule has 8 nitrogen and oxygen atoms in total. The van der Waals surface area contributed by atoms with Crippen LogP contribution in [-0.4, -0.2) is 65.2 Å². The van der Waals surface area contributed by atoms with Gasteiger partial charge in [-0.25, -0.2) is 15.0 Å². The Balaban J connectivity index is 1.57. The zero-order valence-corrected chi connectivity index (χ0v) is 15.3. The molecule has 1 aliphatic heterocycles. The third kappa shape index (κ3) is 5.10. The fourth-order valence-corrected chi connectivity index (χ4v) is 3.23. The van der Waals surface area contributed by atoms with Gasteiger partial charge in [0.15, 0.2) is 5.13 Å². The van der Waals surface area contributed by atoms with Crippen LogP contribution < -0.4 is 10.2 Å². The van der Waals surface area contributed by atoms with E-state index in [4.69, 9.17) is 4.74 Å². The van der Waals surface area contributed by atoms with E-state index >= 15 is 0 Å². The van der Waals surface area contributed by atoms with Crippen molar-refractivity contribution in [3.8, 4) is 0 Å². The molecule has 2 aromatic rings. The van der Waals surface area contributed by atoms with Crippen molar-refractivity contribution in [1.29, 1.82) is 0 Å². The Kier molecular flexibility index (Phi) is 5.77. The molecule has 1 saturated heterocycles. The maximum Gasteiger partial charge on any atom is 0.302 e. The van der Waals surface area contributed by atoms with Gasteiger partial charge in [-0.3, -0.25) is 9.69 Å². The van der Waals surface area contributed by atoms with Crippen molar-refractivity contribution < 1.29 is 9.53 Å². The highest BCUT2D eigenvalue weighted by Gasteiger charge is 2.19. The molecule has 0 radical (unpaired) electrons. The summed E-state index contributed by atoms with van der Waals surface area (Å²) in [6.45, 7) is 8.15. The Morgan fingerprint density at radius 2 is 2.12 bits per heavy atom. The molecule has 2 aromatic heterocycles. The topological polar surface area (TPSA) is 83.5 Å². The number of nitrogens with zero attached hydrogens (tertiary/aromatic N) is 5. The van der Waals surface area contributed by atoms with Crippen molar-refractivity contribution in [3.63, 3.8) is 0 Å². The molecule has 0 unspecified atom stereocenters. The summed E-state index contributed by atoms with van der Waals surface area (Å²) in [5.41, 5.74) is 0. The van der Waals surface area contributed by atoms with Crippen LogP contribution in [0, 0.1) is 6.92 Å². The Hall–Kier alpha value is -2.26. The minimum Gasteiger partial charge on any atom is -0.465 e. The number of anilines is 3. The van der Waals surface area contributed by atoms with Crippen LogP contribution in [0.3, 0.4) is 0 Å². The third-order valence-corrected chi connectivity index (χ3v) is 4.59. The maximum atomic E-state index is 10.8. The first kappa shape index (κ1) is 17.6. The zero-order valence-electron chi connectivity index (χ0n) is 14.4. The molecule has 0 aromatic carbocycles. The van der Waals surface area contributed by atoms with E-state index in [0.29, 0.717) is 6.61 Å². The molecule has 0 atom stereocenters. The Morgan fingerprint density at radius 3 is 2.80 bits per heavy atom. The van der Waals surface area contributed by atoms with Crippen LogP contribution in [-0.2, 0) is 9.53 Å². The van der Waals surface area contributed by atoms with Gasteiger partial charge in [0.05, 0.1) is 0 Å². The molecule has 9 heteroatoms. The SMILES string of the molecule is CC(=O)OCCN1CCN(c2cc(Nc3nccs3)nc(C)n2)CC1.